The van der Waals surface area contributed by atoms with Crippen LogP contribution in [0.2, 0.25) is 0 Å². The summed E-state index contributed by atoms with van der Waals surface area (Å²) >= 11 is 0. The van der Waals surface area contributed by atoms with E-state index in [1.165, 1.54) is 0 Å². The van der Waals surface area contributed by atoms with Crippen molar-refractivity contribution in [2.24, 2.45) is 7.05 Å². The zero-order chi connectivity index (χ0) is 12.7. The number of aryl methyl sites for hydroxylation is 1. The lowest BCUT2D eigenvalue weighted by molar-refractivity contribution is -0.0699. The molecular weight excluding hydrogens is 214 g/mol. The predicted molar refractivity (Wildman–Crippen MR) is 67.7 cm³/mol. The number of hydrogen-bond acceptors (Lipinski definition) is 3. The Morgan fingerprint density at radius 2 is 2.18 bits per heavy atom. The SMILES string of the molecule is Cn1ccc(CNC2CC(C)(C)OC2(C)C)n1. The van der Waals surface area contributed by atoms with Crippen LogP contribution < -0.4 is 5.32 Å². The van der Waals surface area contributed by atoms with Gasteiger partial charge in [0.25, 0.3) is 0 Å². The Bertz CT molecular complexity index is 395. The Labute approximate surface area is 103 Å². The lowest BCUT2D eigenvalue weighted by Crippen LogP contribution is -2.43. The van der Waals surface area contributed by atoms with Gasteiger partial charge in [0.2, 0.25) is 0 Å². The van der Waals surface area contributed by atoms with Gasteiger partial charge in [-0.25, -0.2) is 0 Å². The summed E-state index contributed by atoms with van der Waals surface area (Å²) in [6.07, 6.45) is 3.00. The Hall–Kier alpha value is -0.870. The topological polar surface area (TPSA) is 39.1 Å². The number of aromatic nitrogens is 2. The second-order valence-electron chi connectivity index (χ2n) is 6.08. The molecule has 4 heteroatoms. The molecule has 1 aliphatic heterocycles. The van der Waals surface area contributed by atoms with Gasteiger partial charge in [0.1, 0.15) is 0 Å². The molecule has 0 aromatic carbocycles. The lowest BCUT2D eigenvalue weighted by atomic mass is 9.94. The molecule has 1 aliphatic rings. The van der Waals surface area contributed by atoms with Crippen molar-refractivity contribution in [1.29, 1.82) is 0 Å². The molecule has 1 N–H and O–H groups in total. The highest BCUT2D eigenvalue weighted by atomic mass is 16.5. The third kappa shape index (κ3) is 2.87. The fourth-order valence-electron chi connectivity index (χ4n) is 2.67. The molecule has 1 saturated heterocycles. The Morgan fingerprint density at radius 3 is 2.65 bits per heavy atom. The first-order chi connectivity index (χ1) is 7.78. The van der Waals surface area contributed by atoms with Gasteiger partial charge in [0, 0.05) is 25.8 Å². The van der Waals surface area contributed by atoms with Crippen LogP contribution in [0.25, 0.3) is 0 Å². The summed E-state index contributed by atoms with van der Waals surface area (Å²) in [7, 11) is 1.94. The molecule has 0 saturated carbocycles. The van der Waals surface area contributed by atoms with E-state index in [-0.39, 0.29) is 11.2 Å². The summed E-state index contributed by atoms with van der Waals surface area (Å²) in [4.78, 5) is 0. The molecule has 1 unspecified atom stereocenters. The molecular formula is C13H23N3O. The maximum atomic E-state index is 6.05. The van der Waals surface area contributed by atoms with Crippen LogP contribution in [0.3, 0.4) is 0 Å². The summed E-state index contributed by atoms with van der Waals surface area (Å²) in [5, 5.41) is 7.93. The molecule has 1 fully saturated rings. The first-order valence-corrected chi connectivity index (χ1v) is 6.21. The van der Waals surface area contributed by atoms with E-state index in [0.717, 1.165) is 18.7 Å². The molecule has 2 heterocycles. The highest BCUT2D eigenvalue weighted by molar-refractivity contribution is 5.02. The van der Waals surface area contributed by atoms with Crippen molar-refractivity contribution in [1.82, 2.24) is 15.1 Å². The zero-order valence-electron chi connectivity index (χ0n) is 11.4. The van der Waals surface area contributed by atoms with E-state index in [2.05, 4.69) is 38.1 Å². The van der Waals surface area contributed by atoms with Crippen molar-refractivity contribution in [2.75, 3.05) is 0 Å². The van der Waals surface area contributed by atoms with E-state index in [9.17, 15) is 0 Å². The average Bonchev–Trinajstić information content (AvgIpc) is 2.64. The van der Waals surface area contributed by atoms with Gasteiger partial charge >= 0.3 is 0 Å². The van der Waals surface area contributed by atoms with Gasteiger partial charge in [0.05, 0.1) is 16.9 Å². The van der Waals surface area contributed by atoms with Gasteiger partial charge in [-0.05, 0) is 40.2 Å². The second-order valence-corrected chi connectivity index (χ2v) is 6.08. The summed E-state index contributed by atoms with van der Waals surface area (Å²) in [5.74, 6) is 0. The van der Waals surface area contributed by atoms with Crippen LogP contribution in [0.15, 0.2) is 12.3 Å². The van der Waals surface area contributed by atoms with Crippen molar-refractivity contribution in [3.63, 3.8) is 0 Å². The van der Waals surface area contributed by atoms with Gasteiger partial charge in [-0.2, -0.15) is 5.10 Å². The maximum Gasteiger partial charge on any atom is 0.0787 e. The van der Waals surface area contributed by atoms with Crippen LogP contribution in [0.5, 0.6) is 0 Å². The van der Waals surface area contributed by atoms with Gasteiger partial charge in [-0.1, -0.05) is 0 Å². The fourth-order valence-corrected chi connectivity index (χ4v) is 2.67. The molecule has 0 amide bonds. The molecule has 0 bridgehead atoms. The molecule has 4 nitrogen and oxygen atoms in total. The Kier molecular flexibility index (Phi) is 3.04. The minimum atomic E-state index is -0.113. The van der Waals surface area contributed by atoms with Crippen LogP contribution in [0.1, 0.15) is 39.8 Å². The summed E-state index contributed by atoms with van der Waals surface area (Å²) in [6.45, 7) is 9.40. The van der Waals surface area contributed by atoms with Crippen molar-refractivity contribution in [2.45, 2.75) is 57.9 Å². The third-order valence-electron chi connectivity index (χ3n) is 3.37. The molecule has 0 spiro atoms. The number of nitrogens with zero attached hydrogens (tertiary/aromatic N) is 2. The van der Waals surface area contributed by atoms with Gasteiger partial charge in [-0.15, -0.1) is 0 Å². The second kappa shape index (κ2) is 4.10. The fraction of sp³-hybridized carbons (Fsp3) is 0.769. The van der Waals surface area contributed by atoms with Crippen LogP contribution in [-0.4, -0.2) is 27.0 Å². The van der Waals surface area contributed by atoms with Crippen molar-refractivity contribution in [3.8, 4) is 0 Å². The molecule has 17 heavy (non-hydrogen) atoms. The van der Waals surface area contributed by atoms with E-state index >= 15 is 0 Å². The molecule has 96 valence electrons. The average molecular weight is 237 g/mol. The Morgan fingerprint density at radius 1 is 1.47 bits per heavy atom. The highest BCUT2D eigenvalue weighted by Crippen LogP contribution is 2.37. The molecule has 2 rings (SSSR count). The first-order valence-electron chi connectivity index (χ1n) is 6.21. The highest BCUT2D eigenvalue weighted by Gasteiger charge is 2.45. The van der Waals surface area contributed by atoms with Crippen LogP contribution in [0, 0.1) is 0 Å². The van der Waals surface area contributed by atoms with Crippen molar-refractivity contribution >= 4 is 0 Å². The summed E-state index contributed by atoms with van der Waals surface area (Å²) < 4.78 is 7.88. The minimum absolute atomic E-state index is 0.0364. The van der Waals surface area contributed by atoms with E-state index in [1.54, 1.807) is 0 Å². The van der Waals surface area contributed by atoms with Gasteiger partial charge in [-0.3, -0.25) is 4.68 Å². The standard InChI is InChI=1S/C13H23N3O/c1-12(2)8-11(13(3,4)17-12)14-9-10-6-7-16(5)15-10/h6-7,11,14H,8-9H2,1-5H3. The summed E-state index contributed by atoms with van der Waals surface area (Å²) in [5.41, 5.74) is 0.928. The van der Waals surface area contributed by atoms with Crippen molar-refractivity contribution in [3.05, 3.63) is 18.0 Å². The van der Waals surface area contributed by atoms with E-state index < -0.39 is 0 Å². The molecule has 0 aliphatic carbocycles. The number of hydrogen-bond donors (Lipinski definition) is 1. The predicted octanol–water partition coefficient (Wildman–Crippen LogP) is 1.86. The van der Waals surface area contributed by atoms with Crippen LogP contribution in [-0.2, 0) is 18.3 Å². The normalized spacial score (nSPS) is 26.3. The van der Waals surface area contributed by atoms with E-state index in [0.29, 0.717) is 6.04 Å². The van der Waals surface area contributed by atoms with E-state index in [4.69, 9.17) is 4.74 Å². The molecule has 0 radical (unpaired) electrons. The Balaban J connectivity index is 1.95. The van der Waals surface area contributed by atoms with Crippen LogP contribution in [0.4, 0.5) is 0 Å². The maximum absolute atomic E-state index is 6.05. The molecule has 1 aromatic rings. The van der Waals surface area contributed by atoms with Crippen LogP contribution >= 0.6 is 0 Å². The monoisotopic (exact) mass is 237 g/mol. The van der Waals surface area contributed by atoms with Gasteiger partial charge in [0.15, 0.2) is 0 Å². The van der Waals surface area contributed by atoms with E-state index in [1.807, 2.05) is 24.0 Å². The minimum Gasteiger partial charge on any atom is -0.368 e. The van der Waals surface area contributed by atoms with Gasteiger partial charge < -0.3 is 10.1 Å². The number of ether oxygens (including phenoxy) is 1. The smallest absolute Gasteiger partial charge is 0.0787 e. The largest absolute Gasteiger partial charge is 0.368 e. The number of rotatable bonds is 3. The quantitative estimate of drug-likeness (QED) is 0.872. The molecule has 1 atom stereocenters. The summed E-state index contributed by atoms with van der Waals surface area (Å²) in [6, 6.07) is 2.42. The third-order valence-corrected chi connectivity index (χ3v) is 3.37. The van der Waals surface area contributed by atoms with Crippen molar-refractivity contribution < 1.29 is 4.74 Å². The lowest BCUT2D eigenvalue weighted by Gasteiger charge is -2.27. The number of nitrogens with one attached hydrogen (secondary N) is 1. The zero-order valence-corrected chi connectivity index (χ0v) is 11.4. The first kappa shape index (κ1) is 12.6. The molecule has 1 aromatic heterocycles.